The van der Waals surface area contributed by atoms with Crippen LogP contribution in [0.15, 0.2) is 60.8 Å². The zero-order chi connectivity index (χ0) is 34.4. The Morgan fingerprint density at radius 2 is 1.78 bits per heavy atom. The number of aromatic amines is 1. The van der Waals surface area contributed by atoms with E-state index in [1.807, 2.05) is 42.6 Å². The van der Waals surface area contributed by atoms with Crippen molar-refractivity contribution in [2.45, 2.75) is 63.7 Å². The highest BCUT2D eigenvalue weighted by molar-refractivity contribution is 5.94. The van der Waals surface area contributed by atoms with Crippen molar-refractivity contribution in [3.63, 3.8) is 0 Å². The number of likely N-dealkylation sites (tertiary alicyclic amines) is 1. The molecule has 2 fully saturated rings. The van der Waals surface area contributed by atoms with E-state index in [1.54, 1.807) is 13.0 Å². The Balaban J connectivity index is 1.21. The van der Waals surface area contributed by atoms with Crippen molar-refractivity contribution in [2.24, 2.45) is 5.41 Å². The van der Waals surface area contributed by atoms with Crippen molar-refractivity contribution in [3.8, 4) is 17.0 Å². The summed E-state index contributed by atoms with van der Waals surface area (Å²) in [6.45, 7) is 3.72. The van der Waals surface area contributed by atoms with Crippen LogP contribution in [0.3, 0.4) is 0 Å². The zero-order valence-electron chi connectivity index (χ0n) is 27.8. The molecule has 2 saturated heterocycles. The average molecular weight is 672 g/mol. The predicted octanol–water partition coefficient (Wildman–Crippen LogP) is 1.38. The van der Waals surface area contributed by atoms with Crippen LogP contribution in [0, 0.1) is 5.41 Å². The molecular weight excluding hydrogens is 626 g/mol. The molecule has 4 heterocycles. The number of H-pyrrole nitrogens is 1. The van der Waals surface area contributed by atoms with Gasteiger partial charge in [0.05, 0.1) is 18.5 Å². The summed E-state index contributed by atoms with van der Waals surface area (Å²) in [5.74, 6) is -1.29. The van der Waals surface area contributed by atoms with Gasteiger partial charge in [0.15, 0.2) is 6.61 Å². The molecule has 3 aromatic rings. The van der Waals surface area contributed by atoms with Crippen molar-refractivity contribution in [1.29, 1.82) is 0 Å². The summed E-state index contributed by atoms with van der Waals surface area (Å²) in [5.41, 5.74) is 3.87. The van der Waals surface area contributed by atoms with Gasteiger partial charge in [-0.3, -0.25) is 29.2 Å². The highest BCUT2D eigenvalue weighted by Gasteiger charge is 2.39. The third-order valence-electron chi connectivity index (χ3n) is 9.98. The molecule has 4 amide bonds. The van der Waals surface area contributed by atoms with Gasteiger partial charge < -0.3 is 30.7 Å². The van der Waals surface area contributed by atoms with Gasteiger partial charge >= 0.3 is 0 Å². The smallest absolute Gasteiger partial charge is 0.258 e. The van der Waals surface area contributed by atoms with Crippen LogP contribution in [0.1, 0.15) is 43.7 Å². The molecule has 3 atom stereocenters. The topological polar surface area (TPSA) is 169 Å². The van der Waals surface area contributed by atoms with E-state index in [2.05, 4.69) is 43.2 Å². The van der Waals surface area contributed by atoms with Gasteiger partial charge in [-0.2, -0.15) is 5.10 Å². The lowest BCUT2D eigenvalue weighted by molar-refractivity contribution is -0.142. The maximum atomic E-state index is 13.5. The molecule has 1 spiro atoms. The molecule has 0 radical (unpaired) electrons. The number of hydrogen-bond donors (Lipinski definition) is 5. The summed E-state index contributed by atoms with van der Waals surface area (Å²) in [7, 11) is 0. The zero-order valence-corrected chi connectivity index (χ0v) is 27.8. The number of carbonyl (C=O) groups excluding carboxylic acids is 4. The largest absolute Gasteiger partial charge is 0.484 e. The monoisotopic (exact) mass is 671 g/mol. The number of aromatic nitrogens is 2. The van der Waals surface area contributed by atoms with Crippen LogP contribution in [0.5, 0.6) is 5.75 Å². The Bertz CT molecular complexity index is 1640. The number of nitrogens with zero attached hydrogens (tertiary/aromatic N) is 3. The number of fused-ring (bicyclic) bond motifs is 3. The summed E-state index contributed by atoms with van der Waals surface area (Å²) >= 11 is 0. The van der Waals surface area contributed by atoms with Gasteiger partial charge in [0, 0.05) is 25.2 Å². The minimum atomic E-state index is -1.17. The third-order valence-corrected chi connectivity index (χ3v) is 9.98. The number of aliphatic hydroxyl groups is 1. The van der Waals surface area contributed by atoms with Crippen molar-refractivity contribution >= 4 is 23.6 Å². The molecule has 5 N–H and O–H groups in total. The second-order valence-corrected chi connectivity index (χ2v) is 13.5. The van der Waals surface area contributed by atoms with Crippen LogP contribution >= 0.6 is 0 Å². The molecule has 3 aliphatic heterocycles. The van der Waals surface area contributed by atoms with E-state index < -0.39 is 48.4 Å². The molecule has 13 nitrogen and oxygen atoms in total. The lowest BCUT2D eigenvalue weighted by Crippen LogP contribution is -2.57. The molecule has 0 saturated carbocycles. The van der Waals surface area contributed by atoms with Crippen LogP contribution in [0.2, 0.25) is 0 Å². The normalized spacial score (nSPS) is 24.1. The Hall–Kier alpha value is -4.75. The first-order valence-corrected chi connectivity index (χ1v) is 17.0. The first kappa shape index (κ1) is 34.1. The molecule has 49 heavy (non-hydrogen) atoms. The lowest BCUT2D eigenvalue weighted by atomic mass is 9.73. The van der Waals surface area contributed by atoms with Gasteiger partial charge in [-0.25, -0.2) is 0 Å². The van der Waals surface area contributed by atoms with Gasteiger partial charge in [-0.05, 0) is 80.8 Å². The molecular formula is C36H45N7O6. The molecule has 260 valence electrons. The van der Waals surface area contributed by atoms with E-state index in [9.17, 15) is 24.3 Å². The standard InChI is InChI=1S/C36H45N7O6/c1-24-35(48)43-14-6-11-30(43)34(47)40-29(21-44)33(46)37-23-36(18-25-7-5-10-28(17-25)49-22-31(45)39-24)12-15-42(16-13-36)20-27-19-38-41-32(27)26-8-3-2-4-9-26/h2-5,7-10,17,19,24,29-30,44H,6,11-16,18,20-23H2,1H3,(H,37,46)(H,38,41)(H,39,45)(H,40,47)/t24-,29-,30-/m0/s1. The molecule has 0 aliphatic carbocycles. The van der Waals surface area contributed by atoms with Gasteiger partial charge in [0.1, 0.15) is 23.9 Å². The summed E-state index contributed by atoms with van der Waals surface area (Å²) in [6.07, 6.45) is 5.11. The molecule has 13 heteroatoms. The fourth-order valence-electron chi connectivity index (χ4n) is 7.21. The number of amides is 4. The van der Waals surface area contributed by atoms with Crippen LogP contribution in [0.25, 0.3) is 11.3 Å². The van der Waals surface area contributed by atoms with Crippen LogP contribution in [-0.2, 0) is 32.1 Å². The second-order valence-electron chi connectivity index (χ2n) is 13.5. The van der Waals surface area contributed by atoms with E-state index >= 15 is 0 Å². The fourth-order valence-corrected chi connectivity index (χ4v) is 7.21. The van der Waals surface area contributed by atoms with Gasteiger partial charge in [-0.1, -0.05) is 42.5 Å². The molecule has 2 bridgehead atoms. The molecule has 2 aromatic carbocycles. The number of ether oxygens (including phenoxy) is 1. The Morgan fingerprint density at radius 1 is 0.980 bits per heavy atom. The average Bonchev–Trinajstić information content (AvgIpc) is 3.80. The Labute approximate surface area is 285 Å². The second kappa shape index (κ2) is 15.2. The summed E-state index contributed by atoms with van der Waals surface area (Å²) in [4.78, 5) is 56.6. The molecule has 0 unspecified atom stereocenters. The quantitative estimate of drug-likeness (QED) is 0.277. The van der Waals surface area contributed by atoms with Crippen LogP contribution in [0.4, 0.5) is 0 Å². The maximum Gasteiger partial charge on any atom is 0.258 e. The third kappa shape index (κ3) is 8.11. The predicted molar refractivity (Wildman–Crippen MR) is 181 cm³/mol. The number of aliphatic hydroxyl groups excluding tert-OH is 1. The summed E-state index contributed by atoms with van der Waals surface area (Å²) < 4.78 is 5.84. The summed E-state index contributed by atoms with van der Waals surface area (Å²) in [6, 6.07) is 14.9. The maximum absolute atomic E-state index is 13.5. The minimum Gasteiger partial charge on any atom is -0.484 e. The fraction of sp³-hybridized carbons (Fsp3) is 0.472. The Kier molecular flexibility index (Phi) is 10.6. The number of hydrogen-bond acceptors (Lipinski definition) is 8. The van der Waals surface area contributed by atoms with Crippen LogP contribution < -0.4 is 20.7 Å². The van der Waals surface area contributed by atoms with Gasteiger partial charge in [-0.15, -0.1) is 0 Å². The van der Waals surface area contributed by atoms with E-state index in [4.69, 9.17) is 4.74 Å². The number of carbonyl (C=O) groups is 4. The highest BCUT2D eigenvalue weighted by Crippen LogP contribution is 2.36. The van der Waals surface area contributed by atoms with E-state index in [0.717, 1.165) is 54.9 Å². The van der Waals surface area contributed by atoms with E-state index in [0.29, 0.717) is 38.1 Å². The minimum absolute atomic E-state index is 0.266. The van der Waals surface area contributed by atoms with Crippen molar-refractivity contribution in [3.05, 3.63) is 71.9 Å². The van der Waals surface area contributed by atoms with Gasteiger partial charge in [0.25, 0.3) is 5.91 Å². The Morgan fingerprint density at radius 3 is 2.55 bits per heavy atom. The highest BCUT2D eigenvalue weighted by atomic mass is 16.5. The van der Waals surface area contributed by atoms with Gasteiger partial charge in [0.2, 0.25) is 17.7 Å². The number of piperidine rings is 1. The van der Waals surface area contributed by atoms with Crippen LogP contribution in [-0.4, -0.2) is 106 Å². The molecule has 3 aliphatic rings. The van der Waals surface area contributed by atoms with Crippen molar-refractivity contribution < 1.29 is 29.0 Å². The first-order chi connectivity index (χ1) is 23.7. The number of rotatable bonds is 4. The molecule has 6 rings (SSSR count). The number of nitrogens with one attached hydrogen (secondary N) is 4. The van der Waals surface area contributed by atoms with Crippen molar-refractivity contribution in [1.82, 2.24) is 35.9 Å². The van der Waals surface area contributed by atoms with E-state index in [-0.39, 0.29) is 12.0 Å². The van der Waals surface area contributed by atoms with E-state index in [1.165, 1.54) is 4.90 Å². The SMILES string of the molecule is C[C@@H]1NC(=O)COc2cccc(c2)CC2(CCN(Cc3cn[nH]c3-c3ccccc3)CC2)CNC(=O)[C@H](CO)NC(=O)[C@@H]2CCCN2C1=O. The van der Waals surface area contributed by atoms with Crippen molar-refractivity contribution in [2.75, 3.05) is 39.4 Å². The first-order valence-electron chi connectivity index (χ1n) is 17.0. The molecule has 1 aromatic heterocycles. The number of benzene rings is 2. The lowest BCUT2D eigenvalue weighted by Gasteiger charge is -2.42. The summed E-state index contributed by atoms with van der Waals surface area (Å²) in [5, 5.41) is 26.0.